The second-order valence-electron chi connectivity index (χ2n) is 4.24. The van der Waals surface area contributed by atoms with E-state index in [1.165, 1.54) is 0 Å². The van der Waals surface area contributed by atoms with E-state index in [9.17, 15) is 5.11 Å². The molecule has 1 aliphatic rings. The molecule has 0 spiro atoms. The van der Waals surface area contributed by atoms with E-state index >= 15 is 0 Å². The van der Waals surface area contributed by atoms with Crippen molar-refractivity contribution >= 4 is 6.08 Å². The molecule has 0 aliphatic carbocycles. The fourth-order valence-corrected chi connectivity index (χ4v) is 1.97. The van der Waals surface area contributed by atoms with Gasteiger partial charge in [0.1, 0.15) is 5.75 Å². The zero-order chi connectivity index (χ0) is 11.4. The first-order chi connectivity index (χ1) is 7.77. The van der Waals surface area contributed by atoms with Gasteiger partial charge in [-0.2, -0.15) is 0 Å². The Hall–Kier alpha value is -1.32. The Morgan fingerprint density at radius 3 is 2.94 bits per heavy atom. The third kappa shape index (κ3) is 2.62. The zero-order valence-corrected chi connectivity index (χ0v) is 9.26. The molecule has 1 aromatic carbocycles. The van der Waals surface area contributed by atoms with Crippen LogP contribution in [0.1, 0.15) is 12.0 Å². The first kappa shape index (κ1) is 11.2. The molecule has 1 aliphatic heterocycles. The molecule has 0 amide bonds. The molecule has 0 aromatic heterocycles. The molecule has 0 bridgehead atoms. The van der Waals surface area contributed by atoms with E-state index < -0.39 is 0 Å². The van der Waals surface area contributed by atoms with Crippen LogP contribution in [-0.4, -0.2) is 24.2 Å². The van der Waals surface area contributed by atoms with Gasteiger partial charge in [-0.1, -0.05) is 30.4 Å². The Morgan fingerprint density at radius 1 is 1.38 bits per heavy atom. The first-order valence-corrected chi connectivity index (χ1v) is 5.70. The molecule has 1 heterocycles. The molecule has 0 radical (unpaired) electrons. The van der Waals surface area contributed by atoms with Crippen molar-refractivity contribution in [3.05, 3.63) is 35.9 Å². The molecule has 86 valence electrons. The molecule has 2 atom stereocenters. The Kier molecular flexibility index (Phi) is 3.59. The Morgan fingerprint density at radius 2 is 2.19 bits per heavy atom. The fourth-order valence-electron chi connectivity index (χ4n) is 1.97. The average Bonchev–Trinajstić information content (AvgIpc) is 2.30. The van der Waals surface area contributed by atoms with Crippen LogP contribution < -0.4 is 11.1 Å². The van der Waals surface area contributed by atoms with Crippen LogP contribution >= 0.6 is 0 Å². The van der Waals surface area contributed by atoms with Gasteiger partial charge in [0.25, 0.3) is 0 Å². The van der Waals surface area contributed by atoms with Crippen LogP contribution in [0.5, 0.6) is 5.75 Å². The summed E-state index contributed by atoms with van der Waals surface area (Å²) in [6, 6.07) is 7.55. The summed E-state index contributed by atoms with van der Waals surface area (Å²) < 4.78 is 0. The van der Waals surface area contributed by atoms with Gasteiger partial charge >= 0.3 is 0 Å². The van der Waals surface area contributed by atoms with Crippen LogP contribution in [0.3, 0.4) is 0 Å². The SMILES string of the molecule is NC1CCNCC1C=Cc1ccccc1O. The second kappa shape index (κ2) is 5.14. The van der Waals surface area contributed by atoms with Gasteiger partial charge in [0, 0.05) is 24.1 Å². The maximum absolute atomic E-state index is 9.61. The van der Waals surface area contributed by atoms with Gasteiger partial charge in [-0.3, -0.25) is 0 Å². The summed E-state index contributed by atoms with van der Waals surface area (Å²) >= 11 is 0. The fraction of sp³-hybridized carbons (Fsp3) is 0.385. The van der Waals surface area contributed by atoms with Gasteiger partial charge < -0.3 is 16.2 Å². The maximum Gasteiger partial charge on any atom is 0.122 e. The number of aromatic hydroxyl groups is 1. The summed E-state index contributed by atoms with van der Waals surface area (Å²) in [6.45, 7) is 1.92. The lowest BCUT2D eigenvalue weighted by atomic mass is 9.93. The van der Waals surface area contributed by atoms with Gasteiger partial charge in [0.2, 0.25) is 0 Å². The van der Waals surface area contributed by atoms with Gasteiger partial charge in [-0.05, 0) is 19.0 Å². The molecule has 1 fully saturated rings. The molecular weight excluding hydrogens is 200 g/mol. The highest BCUT2D eigenvalue weighted by Crippen LogP contribution is 2.19. The number of phenolic OH excluding ortho intramolecular Hbond substituents is 1. The van der Waals surface area contributed by atoms with E-state index in [0.29, 0.717) is 11.7 Å². The van der Waals surface area contributed by atoms with E-state index in [2.05, 4.69) is 11.4 Å². The highest BCUT2D eigenvalue weighted by atomic mass is 16.3. The van der Waals surface area contributed by atoms with Crippen molar-refractivity contribution in [1.82, 2.24) is 5.32 Å². The van der Waals surface area contributed by atoms with Gasteiger partial charge in [0.15, 0.2) is 0 Å². The number of benzene rings is 1. The number of rotatable bonds is 2. The minimum absolute atomic E-state index is 0.225. The number of piperidine rings is 1. The minimum atomic E-state index is 0.225. The molecule has 2 unspecified atom stereocenters. The molecule has 16 heavy (non-hydrogen) atoms. The number of phenols is 1. The highest BCUT2D eigenvalue weighted by Gasteiger charge is 2.18. The van der Waals surface area contributed by atoms with Crippen molar-refractivity contribution in [2.75, 3.05) is 13.1 Å². The molecule has 1 saturated heterocycles. The summed E-state index contributed by atoms with van der Waals surface area (Å²) in [5.74, 6) is 0.671. The standard InChI is InChI=1S/C13H18N2O/c14-12-7-8-15-9-11(12)6-5-10-3-1-2-4-13(10)16/h1-6,11-12,15-16H,7-9,14H2. The molecule has 0 saturated carbocycles. The number of hydrogen-bond donors (Lipinski definition) is 3. The average molecular weight is 218 g/mol. The van der Waals surface area contributed by atoms with Crippen LogP contribution in [0.25, 0.3) is 6.08 Å². The quantitative estimate of drug-likeness (QED) is 0.702. The van der Waals surface area contributed by atoms with E-state index in [0.717, 1.165) is 25.1 Å². The van der Waals surface area contributed by atoms with Gasteiger partial charge in [-0.25, -0.2) is 0 Å². The summed E-state index contributed by atoms with van der Waals surface area (Å²) in [5.41, 5.74) is 6.87. The molecule has 4 N–H and O–H groups in total. The lowest BCUT2D eigenvalue weighted by Gasteiger charge is -2.26. The number of nitrogens with one attached hydrogen (secondary N) is 1. The normalized spacial score (nSPS) is 26.1. The lowest BCUT2D eigenvalue weighted by Crippen LogP contribution is -2.43. The zero-order valence-electron chi connectivity index (χ0n) is 9.26. The Bertz CT molecular complexity index is 376. The second-order valence-corrected chi connectivity index (χ2v) is 4.24. The molecule has 3 heteroatoms. The number of nitrogens with two attached hydrogens (primary N) is 1. The van der Waals surface area contributed by atoms with Crippen molar-refractivity contribution in [2.45, 2.75) is 12.5 Å². The van der Waals surface area contributed by atoms with Crippen LogP contribution in [0.2, 0.25) is 0 Å². The van der Waals surface area contributed by atoms with E-state index in [1.807, 2.05) is 24.3 Å². The maximum atomic E-state index is 9.61. The summed E-state index contributed by atoms with van der Waals surface area (Å²) in [7, 11) is 0. The molecule has 3 nitrogen and oxygen atoms in total. The van der Waals surface area contributed by atoms with Crippen LogP contribution in [0.4, 0.5) is 0 Å². The third-order valence-electron chi connectivity index (χ3n) is 3.04. The van der Waals surface area contributed by atoms with Crippen LogP contribution in [0.15, 0.2) is 30.3 Å². The Balaban J connectivity index is 2.06. The highest BCUT2D eigenvalue weighted by molar-refractivity contribution is 5.56. The monoisotopic (exact) mass is 218 g/mol. The molecular formula is C13H18N2O. The van der Waals surface area contributed by atoms with Crippen LogP contribution in [-0.2, 0) is 0 Å². The van der Waals surface area contributed by atoms with E-state index in [-0.39, 0.29) is 6.04 Å². The van der Waals surface area contributed by atoms with Crippen molar-refractivity contribution < 1.29 is 5.11 Å². The summed E-state index contributed by atoms with van der Waals surface area (Å²) in [5, 5.41) is 12.9. The predicted molar refractivity (Wildman–Crippen MR) is 66.1 cm³/mol. The number of hydrogen-bond acceptors (Lipinski definition) is 3. The number of para-hydroxylation sites is 1. The van der Waals surface area contributed by atoms with Crippen molar-refractivity contribution in [2.24, 2.45) is 11.7 Å². The first-order valence-electron chi connectivity index (χ1n) is 5.70. The molecule has 2 rings (SSSR count). The van der Waals surface area contributed by atoms with Crippen molar-refractivity contribution in [3.63, 3.8) is 0 Å². The molecule has 1 aromatic rings. The summed E-state index contributed by atoms with van der Waals surface area (Å²) in [6.07, 6.45) is 5.05. The lowest BCUT2D eigenvalue weighted by molar-refractivity contribution is 0.381. The van der Waals surface area contributed by atoms with Crippen LogP contribution in [0, 0.1) is 5.92 Å². The van der Waals surface area contributed by atoms with Crippen molar-refractivity contribution in [1.29, 1.82) is 0 Å². The minimum Gasteiger partial charge on any atom is -0.507 e. The summed E-state index contributed by atoms with van der Waals surface area (Å²) in [4.78, 5) is 0. The van der Waals surface area contributed by atoms with Gasteiger partial charge in [0.05, 0.1) is 0 Å². The predicted octanol–water partition coefficient (Wildman–Crippen LogP) is 1.34. The smallest absolute Gasteiger partial charge is 0.122 e. The third-order valence-corrected chi connectivity index (χ3v) is 3.04. The van der Waals surface area contributed by atoms with Gasteiger partial charge in [-0.15, -0.1) is 0 Å². The van der Waals surface area contributed by atoms with E-state index in [1.54, 1.807) is 6.07 Å². The Labute approximate surface area is 96.0 Å². The van der Waals surface area contributed by atoms with Crippen molar-refractivity contribution in [3.8, 4) is 5.75 Å². The largest absolute Gasteiger partial charge is 0.507 e. The van der Waals surface area contributed by atoms with E-state index in [4.69, 9.17) is 5.73 Å². The topological polar surface area (TPSA) is 58.3 Å².